The minimum absolute atomic E-state index is 0.0440. The molecule has 201 valence electrons. The number of hydrogen-bond acceptors (Lipinski definition) is 0. The monoisotopic (exact) mass is 535 g/mol. The zero-order valence-electron chi connectivity index (χ0n) is 26.4. The topological polar surface area (TPSA) is 0 Å². The number of hydrogen-bond donors (Lipinski definition) is 0. The third-order valence-electron chi connectivity index (χ3n) is 8.37. The van der Waals surface area contributed by atoms with Crippen LogP contribution >= 0.6 is 0 Å². The first kappa shape index (κ1) is 29.7. The molecule has 3 rings (SSSR count). The molecule has 0 spiro atoms. The Morgan fingerprint density at radius 3 is 0.676 bits per heavy atom. The van der Waals surface area contributed by atoms with Crippen LogP contribution in [0.1, 0.15) is 108 Å². The van der Waals surface area contributed by atoms with E-state index in [1.807, 2.05) is 0 Å². The van der Waals surface area contributed by atoms with Crippen molar-refractivity contribution >= 4 is 0 Å². The molecule has 0 aliphatic carbocycles. The Morgan fingerprint density at radius 1 is 0.351 bits per heavy atom. The van der Waals surface area contributed by atoms with Gasteiger partial charge < -0.3 is 0 Å². The van der Waals surface area contributed by atoms with Crippen molar-refractivity contribution in [3.63, 3.8) is 0 Å². The molecule has 0 saturated heterocycles. The van der Waals surface area contributed by atoms with Gasteiger partial charge in [0, 0.05) is 0 Å². The molecule has 37 heavy (non-hydrogen) atoms. The first-order chi connectivity index (χ1) is 16.8. The third kappa shape index (κ3) is 5.25. The minimum atomic E-state index is -1.55. The van der Waals surface area contributed by atoms with Crippen molar-refractivity contribution < 1.29 is 14.1 Å². The van der Waals surface area contributed by atoms with Gasteiger partial charge in [-0.3, -0.25) is 0 Å². The molecule has 0 saturated carbocycles. The van der Waals surface area contributed by atoms with E-state index in [9.17, 15) is 0 Å². The normalized spacial score (nSPS) is 13.0. The van der Waals surface area contributed by atoms with Gasteiger partial charge in [0.05, 0.1) is 0 Å². The molecule has 0 amide bonds. The summed E-state index contributed by atoms with van der Waals surface area (Å²) in [5.74, 6) is 0. The Balaban J connectivity index is 2.47. The molecule has 3 aromatic carbocycles. The van der Waals surface area contributed by atoms with Crippen molar-refractivity contribution in [3.05, 3.63) is 103 Å². The van der Waals surface area contributed by atoms with Gasteiger partial charge in [0.1, 0.15) is 0 Å². The van der Waals surface area contributed by atoms with Crippen LogP contribution in [0.4, 0.5) is 0 Å². The van der Waals surface area contributed by atoms with Crippen molar-refractivity contribution in [1.29, 1.82) is 0 Å². The summed E-state index contributed by atoms with van der Waals surface area (Å²) in [5.41, 5.74) is 17.4. The van der Waals surface area contributed by atoms with Crippen LogP contribution in [0.25, 0.3) is 0 Å². The average Bonchev–Trinajstić information content (AvgIpc) is 2.63. The molecule has 0 aliphatic rings. The number of aryl methyl sites for hydroxylation is 9. The summed E-state index contributed by atoms with van der Waals surface area (Å²) in [7, 11) is 0. The molecule has 0 aromatic heterocycles. The predicted molar refractivity (Wildman–Crippen MR) is 161 cm³/mol. The third-order valence-corrected chi connectivity index (χ3v) is 14.1. The Morgan fingerprint density at radius 2 is 0.514 bits per heavy atom. The quantitative estimate of drug-likeness (QED) is 0.294. The van der Waals surface area contributed by atoms with Gasteiger partial charge in [0.15, 0.2) is 0 Å². The van der Waals surface area contributed by atoms with Crippen molar-refractivity contribution in [1.82, 2.24) is 0 Å². The average molecular weight is 536 g/mol. The fraction of sp³-hybridized carbons (Fsp3) is 0.500. The maximum atomic E-state index is 2.57. The van der Waals surface area contributed by atoms with E-state index in [2.05, 4.69) is 140 Å². The van der Waals surface area contributed by atoms with Crippen LogP contribution in [0.15, 0.2) is 36.4 Å². The van der Waals surface area contributed by atoms with E-state index < -0.39 is 14.1 Å². The number of benzene rings is 3. The van der Waals surface area contributed by atoms with Crippen molar-refractivity contribution in [2.75, 3.05) is 0 Å². The van der Waals surface area contributed by atoms with E-state index in [1.165, 1.54) is 50.1 Å². The van der Waals surface area contributed by atoms with Crippen LogP contribution in [0, 0.1) is 62.3 Å². The first-order valence-corrected chi connectivity index (χ1v) is 15.7. The molecule has 0 N–H and O–H groups in total. The van der Waals surface area contributed by atoms with Gasteiger partial charge in [-0.1, -0.05) is 0 Å². The Labute approximate surface area is 233 Å². The van der Waals surface area contributed by atoms with Crippen LogP contribution in [0.2, 0.25) is 0 Å². The summed E-state index contributed by atoms with van der Waals surface area (Å²) in [4.78, 5) is 0. The van der Waals surface area contributed by atoms with Gasteiger partial charge >= 0.3 is 234 Å². The van der Waals surface area contributed by atoms with E-state index in [0.717, 1.165) is 0 Å². The van der Waals surface area contributed by atoms with Gasteiger partial charge in [-0.25, -0.2) is 0 Å². The molecule has 0 atom stereocenters. The molecular weight excluding hydrogens is 484 g/mol. The van der Waals surface area contributed by atoms with Crippen LogP contribution in [0.3, 0.4) is 0 Å². The van der Waals surface area contributed by atoms with Crippen molar-refractivity contribution in [2.45, 2.75) is 117 Å². The summed E-state index contributed by atoms with van der Waals surface area (Å²) in [5, 5.41) is 0. The molecule has 0 bridgehead atoms. The van der Waals surface area contributed by atoms with E-state index in [1.54, 1.807) is 16.7 Å². The van der Waals surface area contributed by atoms with Gasteiger partial charge in [-0.15, -0.1) is 0 Å². The molecule has 0 unspecified atom stereocenters. The Kier molecular flexibility index (Phi) is 8.09. The predicted octanol–water partition coefficient (Wildman–Crippen LogP) is 10.2. The fourth-order valence-electron chi connectivity index (χ4n) is 8.61. The van der Waals surface area contributed by atoms with Crippen LogP contribution < -0.4 is 0 Å². The van der Waals surface area contributed by atoms with Crippen LogP contribution in [0.5, 0.6) is 0 Å². The van der Waals surface area contributed by atoms with Gasteiger partial charge in [-0.2, -0.15) is 0 Å². The van der Waals surface area contributed by atoms with E-state index in [4.69, 9.17) is 0 Å². The van der Waals surface area contributed by atoms with Gasteiger partial charge in [0.2, 0.25) is 0 Å². The molecule has 0 radical (unpaired) electrons. The van der Waals surface area contributed by atoms with Crippen molar-refractivity contribution in [2.24, 2.45) is 0 Å². The Bertz CT molecular complexity index is 1100. The number of rotatable bonds is 6. The van der Waals surface area contributed by atoms with Gasteiger partial charge in [0.25, 0.3) is 0 Å². The second-order valence-electron chi connectivity index (χ2n) is 13.2. The van der Waals surface area contributed by atoms with Crippen LogP contribution in [-0.2, 0) is 27.0 Å². The first-order valence-electron chi connectivity index (χ1n) is 13.8. The summed E-state index contributed by atoms with van der Waals surface area (Å²) < 4.78 is 0.132. The summed E-state index contributed by atoms with van der Waals surface area (Å²) in [6.07, 6.45) is 0. The van der Waals surface area contributed by atoms with E-state index in [0.29, 0.717) is 0 Å². The van der Waals surface area contributed by atoms with Crippen molar-refractivity contribution in [3.8, 4) is 0 Å². The fourth-order valence-corrected chi connectivity index (χ4v) is 17.1. The summed E-state index contributed by atoms with van der Waals surface area (Å²) in [6.45, 7) is 36.2. The zero-order chi connectivity index (χ0) is 28.2. The zero-order valence-corrected chi connectivity index (χ0v) is 27.6. The SMILES string of the molecule is Cc1cc(C)c([C](C)(C)[Cr]([C](C)(C)c2c(C)cc(C)cc2C)[C](C)(C)c2c(C)cc(C)cc2C)c(C)c1. The maximum absolute atomic E-state index is 2.57. The van der Waals surface area contributed by atoms with E-state index >= 15 is 0 Å². The summed E-state index contributed by atoms with van der Waals surface area (Å²) >= 11 is -1.55. The second kappa shape index (κ2) is 10.1. The van der Waals surface area contributed by atoms with E-state index in [-0.39, 0.29) is 12.8 Å². The van der Waals surface area contributed by atoms with Gasteiger partial charge in [-0.05, 0) is 0 Å². The summed E-state index contributed by atoms with van der Waals surface area (Å²) in [6, 6.07) is 14.4. The molecule has 0 fully saturated rings. The standard InChI is InChI=1S/3C12H17.Cr/c3*1-8(2)12-10(4)6-9(3)7-11(12)5;/h3*6-7H,1-5H3;. The molecule has 1 heteroatoms. The van der Waals surface area contributed by atoms with Crippen LogP contribution in [-0.4, -0.2) is 0 Å². The molecule has 0 nitrogen and oxygen atoms in total. The molecular formula is C36H51Cr. The molecule has 3 aromatic rings. The Hall–Kier alpha value is -1.81. The molecule has 0 heterocycles. The molecule has 0 aliphatic heterocycles. The second-order valence-corrected chi connectivity index (χ2v) is 18.9.